The predicted molar refractivity (Wildman–Crippen MR) is 93.4 cm³/mol. The van der Waals surface area contributed by atoms with Gasteiger partial charge in [-0.05, 0) is 47.9 Å². The molecule has 24 heavy (non-hydrogen) atoms. The minimum absolute atomic E-state index is 0.0413. The molecule has 5 heteroatoms. The van der Waals surface area contributed by atoms with Gasteiger partial charge in [-0.1, -0.05) is 18.2 Å². The van der Waals surface area contributed by atoms with E-state index in [2.05, 4.69) is 5.32 Å². The Morgan fingerprint density at radius 2 is 1.88 bits per heavy atom. The van der Waals surface area contributed by atoms with E-state index < -0.39 is 0 Å². The summed E-state index contributed by atoms with van der Waals surface area (Å²) in [6.07, 6.45) is 3.82. The Bertz CT molecular complexity index is 708. The van der Waals surface area contributed by atoms with Crippen molar-refractivity contribution in [2.75, 3.05) is 20.8 Å². The zero-order valence-electron chi connectivity index (χ0n) is 13.8. The number of hydrogen-bond acceptors (Lipinski definition) is 4. The topological polar surface area (TPSA) is 67.8 Å². The number of benzene rings is 2. The highest BCUT2D eigenvalue weighted by Crippen LogP contribution is 2.26. The smallest absolute Gasteiger partial charge is 0.244 e. The van der Waals surface area contributed by atoms with Crippen molar-refractivity contribution in [2.45, 2.75) is 6.42 Å². The number of phenolic OH excluding ortho intramolecular Hbond substituents is 1. The van der Waals surface area contributed by atoms with Gasteiger partial charge in [0.1, 0.15) is 5.75 Å². The van der Waals surface area contributed by atoms with Gasteiger partial charge < -0.3 is 19.9 Å². The number of rotatable bonds is 7. The second-order valence-electron chi connectivity index (χ2n) is 5.15. The lowest BCUT2D eigenvalue weighted by Gasteiger charge is -2.05. The van der Waals surface area contributed by atoms with Crippen LogP contribution in [0.15, 0.2) is 48.5 Å². The SMILES string of the molecule is COc1ccc(CCNC(=O)/C=C/c2ccc(OC)c(O)c2)cc1. The summed E-state index contributed by atoms with van der Waals surface area (Å²) in [7, 11) is 3.12. The molecule has 2 rings (SSSR count). The zero-order chi connectivity index (χ0) is 17.4. The van der Waals surface area contributed by atoms with Crippen LogP contribution in [0.4, 0.5) is 0 Å². The summed E-state index contributed by atoms with van der Waals surface area (Å²) in [6, 6.07) is 12.7. The van der Waals surface area contributed by atoms with Gasteiger partial charge in [0.25, 0.3) is 0 Å². The number of phenols is 1. The Balaban J connectivity index is 1.81. The molecule has 2 aromatic carbocycles. The van der Waals surface area contributed by atoms with Crippen LogP contribution < -0.4 is 14.8 Å². The maximum absolute atomic E-state index is 11.8. The molecule has 0 heterocycles. The van der Waals surface area contributed by atoms with Crippen LogP contribution in [-0.4, -0.2) is 31.8 Å². The molecule has 0 spiro atoms. The van der Waals surface area contributed by atoms with Crippen LogP contribution in [0.25, 0.3) is 6.08 Å². The number of aromatic hydroxyl groups is 1. The van der Waals surface area contributed by atoms with Crippen LogP contribution in [0, 0.1) is 0 Å². The van der Waals surface area contributed by atoms with E-state index in [4.69, 9.17) is 9.47 Å². The van der Waals surface area contributed by atoms with Crippen molar-refractivity contribution < 1.29 is 19.4 Å². The fourth-order valence-electron chi connectivity index (χ4n) is 2.16. The van der Waals surface area contributed by atoms with Gasteiger partial charge in [-0.3, -0.25) is 4.79 Å². The van der Waals surface area contributed by atoms with Crippen molar-refractivity contribution in [1.29, 1.82) is 0 Å². The molecule has 0 radical (unpaired) electrons. The van der Waals surface area contributed by atoms with Crippen molar-refractivity contribution in [3.8, 4) is 17.2 Å². The van der Waals surface area contributed by atoms with Crippen molar-refractivity contribution in [2.24, 2.45) is 0 Å². The Morgan fingerprint density at radius 1 is 1.12 bits per heavy atom. The number of methoxy groups -OCH3 is 2. The molecule has 0 bridgehead atoms. The van der Waals surface area contributed by atoms with Crippen molar-refractivity contribution in [3.63, 3.8) is 0 Å². The van der Waals surface area contributed by atoms with E-state index in [0.717, 1.165) is 23.3 Å². The lowest BCUT2D eigenvalue weighted by molar-refractivity contribution is -0.116. The van der Waals surface area contributed by atoms with Crippen LogP contribution >= 0.6 is 0 Å². The second-order valence-corrected chi connectivity index (χ2v) is 5.15. The molecule has 0 saturated heterocycles. The third kappa shape index (κ3) is 5.05. The van der Waals surface area contributed by atoms with Gasteiger partial charge in [-0.15, -0.1) is 0 Å². The molecule has 0 saturated carbocycles. The lowest BCUT2D eigenvalue weighted by Crippen LogP contribution is -2.23. The average molecular weight is 327 g/mol. The molecule has 1 amide bonds. The third-order valence-corrected chi connectivity index (χ3v) is 3.50. The number of ether oxygens (including phenoxy) is 2. The van der Waals surface area contributed by atoms with E-state index in [1.54, 1.807) is 31.4 Å². The summed E-state index contributed by atoms with van der Waals surface area (Å²) in [5.41, 5.74) is 1.85. The van der Waals surface area contributed by atoms with E-state index in [9.17, 15) is 9.90 Å². The molecule has 0 atom stereocenters. The first-order valence-corrected chi connectivity index (χ1v) is 7.58. The standard InChI is InChI=1S/C19H21NO4/c1-23-16-7-3-14(4-8-16)11-12-20-19(22)10-6-15-5-9-18(24-2)17(21)13-15/h3-10,13,21H,11-12H2,1-2H3,(H,20,22)/b10-6+. The molecular weight excluding hydrogens is 306 g/mol. The fraction of sp³-hybridized carbons (Fsp3) is 0.211. The Hall–Kier alpha value is -2.95. The number of carbonyl (C=O) groups is 1. The van der Waals surface area contributed by atoms with Crippen LogP contribution in [0.1, 0.15) is 11.1 Å². The highest BCUT2D eigenvalue weighted by molar-refractivity contribution is 5.91. The lowest BCUT2D eigenvalue weighted by atomic mass is 10.1. The molecule has 2 N–H and O–H groups in total. The molecule has 0 unspecified atom stereocenters. The first-order valence-electron chi connectivity index (χ1n) is 7.58. The molecule has 0 aliphatic heterocycles. The summed E-state index contributed by atoms with van der Waals surface area (Å²) in [5, 5.41) is 12.5. The maximum Gasteiger partial charge on any atom is 0.244 e. The molecule has 0 fully saturated rings. The van der Waals surface area contributed by atoms with E-state index in [1.165, 1.54) is 13.2 Å². The van der Waals surface area contributed by atoms with Gasteiger partial charge in [-0.25, -0.2) is 0 Å². The van der Waals surface area contributed by atoms with Gasteiger partial charge in [0, 0.05) is 12.6 Å². The van der Waals surface area contributed by atoms with E-state index in [1.807, 2.05) is 24.3 Å². The van der Waals surface area contributed by atoms with E-state index in [0.29, 0.717) is 12.3 Å². The summed E-state index contributed by atoms with van der Waals surface area (Å²) >= 11 is 0. The summed E-state index contributed by atoms with van der Waals surface area (Å²) < 4.78 is 10.1. The molecular formula is C19H21NO4. The van der Waals surface area contributed by atoms with E-state index >= 15 is 0 Å². The van der Waals surface area contributed by atoms with Crippen molar-refractivity contribution in [3.05, 3.63) is 59.7 Å². The van der Waals surface area contributed by atoms with Crippen LogP contribution in [0.2, 0.25) is 0 Å². The monoisotopic (exact) mass is 327 g/mol. The third-order valence-electron chi connectivity index (χ3n) is 3.50. The molecule has 2 aromatic rings. The molecule has 126 valence electrons. The minimum atomic E-state index is -0.182. The minimum Gasteiger partial charge on any atom is -0.504 e. The first-order chi connectivity index (χ1) is 11.6. The molecule has 0 aliphatic carbocycles. The van der Waals surface area contributed by atoms with Crippen LogP contribution in [-0.2, 0) is 11.2 Å². The largest absolute Gasteiger partial charge is 0.504 e. The van der Waals surface area contributed by atoms with Crippen molar-refractivity contribution >= 4 is 12.0 Å². The maximum atomic E-state index is 11.8. The Labute approximate surface area is 141 Å². The van der Waals surface area contributed by atoms with Crippen LogP contribution in [0.5, 0.6) is 17.2 Å². The highest BCUT2D eigenvalue weighted by atomic mass is 16.5. The Kier molecular flexibility index (Phi) is 6.25. The molecule has 0 aliphatic rings. The van der Waals surface area contributed by atoms with E-state index in [-0.39, 0.29) is 11.7 Å². The number of nitrogens with one attached hydrogen (secondary N) is 1. The number of carbonyl (C=O) groups excluding carboxylic acids is 1. The number of hydrogen-bond donors (Lipinski definition) is 2. The quantitative estimate of drug-likeness (QED) is 0.767. The second kappa shape index (κ2) is 8.62. The van der Waals surface area contributed by atoms with Gasteiger partial charge in [0.15, 0.2) is 11.5 Å². The Morgan fingerprint density at radius 3 is 2.50 bits per heavy atom. The highest BCUT2D eigenvalue weighted by Gasteiger charge is 2.01. The van der Waals surface area contributed by atoms with Gasteiger partial charge in [-0.2, -0.15) is 0 Å². The first kappa shape index (κ1) is 17.4. The van der Waals surface area contributed by atoms with Gasteiger partial charge in [0.05, 0.1) is 14.2 Å². The van der Waals surface area contributed by atoms with Gasteiger partial charge in [0.2, 0.25) is 5.91 Å². The molecule has 0 aromatic heterocycles. The van der Waals surface area contributed by atoms with Crippen molar-refractivity contribution in [1.82, 2.24) is 5.32 Å². The predicted octanol–water partition coefficient (Wildman–Crippen LogP) is 2.78. The summed E-state index contributed by atoms with van der Waals surface area (Å²) in [6.45, 7) is 0.545. The average Bonchev–Trinajstić information content (AvgIpc) is 2.60. The number of amides is 1. The van der Waals surface area contributed by atoms with Crippen LogP contribution in [0.3, 0.4) is 0 Å². The summed E-state index contributed by atoms with van der Waals surface area (Å²) in [5.74, 6) is 1.07. The summed E-state index contributed by atoms with van der Waals surface area (Å²) in [4.78, 5) is 11.8. The zero-order valence-corrected chi connectivity index (χ0v) is 13.8. The normalized spacial score (nSPS) is 10.6. The fourth-order valence-corrected chi connectivity index (χ4v) is 2.16. The van der Waals surface area contributed by atoms with Gasteiger partial charge >= 0.3 is 0 Å². The molecule has 5 nitrogen and oxygen atoms in total.